The molecular weight excluding hydrogens is 316 g/mol. The van der Waals surface area contributed by atoms with Crippen LogP contribution in [0.3, 0.4) is 0 Å². The monoisotopic (exact) mass is 338 g/mol. The highest BCUT2D eigenvalue weighted by molar-refractivity contribution is 5.95. The molecule has 5 nitrogen and oxygen atoms in total. The number of pyridine rings is 1. The van der Waals surface area contributed by atoms with Crippen molar-refractivity contribution in [3.63, 3.8) is 0 Å². The number of ether oxygens (including phenoxy) is 2. The van der Waals surface area contributed by atoms with E-state index in [1.807, 2.05) is 47.6 Å². The summed E-state index contributed by atoms with van der Waals surface area (Å²) >= 11 is 0. The molecule has 0 radical (unpaired) electrons. The lowest BCUT2D eigenvalue weighted by atomic mass is 10.0. The van der Waals surface area contributed by atoms with E-state index in [1.54, 1.807) is 0 Å². The highest BCUT2D eigenvalue weighted by Crippen LogP contribution is 2.32. The van der Waals surface area contributed by atoms with Gasteiger partial charge in [-0.25, -0.2) is 0 Å². The topological polar surface area (TPSA) is 51.7 Å². The van der Waals surface area contributed by atoms with E-state index >= 15 is 0 Å². The van der Waals surface area contributed by atoms with Crippen LogP contribution in [0.2, 0.25) is 0 Å². The summed E-state index contributed by atoms with van der Waals surface area (Å²) in [6, 6.07) is 9.88. The summed E-state index contributed by atoms with van der Waals surface area (Å²) in [6.07, 6.45) is 7.74. The first-order valence-electron chi connectivity index (χ1n) is 8.91. The van der Waals surface area contributed by atoms with Crippen LogP contribution < -0.4 is 9.47 Å². The lowest BCUT2D eigenvalue weighted by Gasteiger charge is -2.26. The molecule has 4 rings (SSSR count). The molecule has 0 saturated carbocycles. The van der Waals surface area contributed by atoms with E-state index in [4.69, 9.17) is 9.47 Å². The Morgan fingerprint density at radius 1 is 1.12 bits per heavy atom. The summed E-state index contributed by atoms with van der Waals surface area (Å²) in [4.78, 5) is 19.1. The highest BCUT2D eigenvalue weighted by Gasteiger charge is 2.29. The number of aromatic nitrogens is 1. The third-order valence-corrected chi connectivity index (χ3v) is 4.94. The zero-order chi connectivity index (χ0) is 17.1. The van der Waals surface area contributed by atoms with Gasteiger partial charge in [0.05, 0.1) is 0 Å². The summed E-state index contributed by atoms with van der Waals surface area (Å²) in [5, 5.41) is 0. The molecule has 2 aliphatic rings. The van der Waals surface area contributed by atoms with Crippen LogP contribution in [0, 0.1) is 0 Å². The van der Waals surface area contributed by atoms with Gasteiger partial charge in [-0.05, 0) is 61.6 Å². The molecule has 0 N–H and O–H groups in total. The maximum absolute atomic E-state index is 13.0. The number of rotatable bonds is 4. The number of aryl methyl sites for hydroxylation is 1. The number of benzene rings is 1. The Hall–Kier alpha value is -2.56. The smallest absolute Gasteiger partial charge is 0.254 e. The van der Waals surface area contributed by atoms with Crippen molar-refractivity contribution in [2.45, 2.75) is 31.7 Å². The minimum Gasteiger partial charge on any atom is -0.486 e. The molecule has 25 heavy (non-hydrogen) atoms. The summed E-state index contributed by atoms with van der Waals surface area (Å²) in [5.74, 6) is 1.48. The van der Waals surface area contributed by atoms with Crippen LogP contribution in [0.25, 0.3) is 0 Å². The summed E-state index contributed by atoms with van der Waals surface area (Å²) in [7, 11) is 0. The van der Waals surface area contributed by atoms with Crippen molar-refractivity contribution in [2.75, 3.05) is 19.8 Å². The SMILES string of the molecule is O=C(c1ccc2c(c1)OCCO2)N1CCC[C@@H]1CCc1ccncc1. The Morgan fingerprint density at radius 2 is 1.92 bits per heavy atom. The molecule has 1 fully saturated rings. The predicted octanol–water partition coefficient (Wildman–Crippen LogP) is 3.09. The Kier molecular flexibility index (Phi) is 4.55. The number of carbonyl (C=O) groups is 1. The first-order valence-corrected chi connectivity index (χ1v) is 8.91. The van der Waals surface area contributed by atoms with Gasteiger partial charge in [0, 0.05) is 30.5 Å². The third kappa shape index (κ3) is 3.45. The summed E-state index contributed by atoms with van der Waals surface area (Å²) in [6.45, 7) is 1.92. The maximum atomic E-state index is 13.0. The molecule has 0 unspecified atom stereocenters. The molecule has 1 aromatic heterocycles. The first kappa shape index (κ1) is 15.9. The van der Waals surface area contributed by atoms with E-state index in [0.717, 1.165) is 38.0 Å². The van der Waals surface area contributed by atoms with Crippen molar-refractivity contribution in [1.82, 2.24) is 9.88 Å². The van der Waals surface area contributed by atoms with Gasteiger partial charge in [0.25, 0.3) is 5.91 Å². The van der Waals surface area contributed by atoms with Gasteiger partial charge in [-0.3, -0.25) is 9.78 Å². The molecule has 0 aliphatic carbocycles. The van der Waals surface area contributed by atoms with Crippen LogP contribution in [0.1, 0.15) is 35.2 Å². The van der Waals surface area contributed by atoms with Gasteiger partial charge < -0.3 is 14.4 Å². The van der Waals surface area contributed by atoms with E-state index in [-0.39, 0.29) is 5.91 Å². The second-order valence-corrected chi connectivity index (χ2v) is 6.55. The molecule has 1 aromatic carbocycles. The number of fused-ring (bicyclic) bond motifs is 1. The number of nitrogens with zero attached hydrogens (tertiary/aromatic N) is 2. The van der Waals surface area contributed by atoms with Gasteiger partial charge in [0.1, 0.15) is 13.2 Å². The first-order chi connectivity index (χ1) is 12.3. The number of hydrogen-bond acceptors (Lipinski definition) is 4. The lowest BCUT2D eigenvalue weighted by Crippen LogP contribution is -2.35. The fourth-order valence-electron chi connectivity index (χ4n) is 3.63. The normalized spacial score (nSPS) is 19.0. The van der Waals surface area contributed by atoms with Crippen LogP contribution in [-0.2, 0) is 6.42 Å². The van der Waals surface area contributed by atoms with Crippen LogP contribution in [0.5, 0.6) is 11.5 Å². The van der Waals surface area contributed by atoms with Crippen molar-refractivity contribution in [2.24, 2.45) is 0 Å². The van der Waals surface area contributed by atoms with Crippen LogP contribution in [-0.4, -0.2) is 41.6 Å². The molecule has 2 aromatic rings. The number of carbonyl (C=O) groups excluding carboxylic acids is 1. The quantitative estimate of drug-likeness (QED) is 0.860. The van der Waals surface area contributed by atoms with Crippen molar-refractivity contribution in [3.8, 4) is 11.5 Å². The molecule has 0 spiro atoms. The van der Waals surface area contributed by atoms with Gasteiger partial charge in [0.15, 0.2) is 11.5 Å². The Morgan fingerprint density at radius 3 is 2.76 bits per heavy atom. The van der Waals surface area contributed by atoms with Gasteiger partial charge >= 0.3 is 0 Å². The Labute approximate surface area is 147 Å². The van der Waals surface area contributed by atoms with E-state index in [1.165, 1.54) is 5.56 Å². The molecule has 1 amide bonds. The van der Waals surface area contributed by atoms with E-state index < -0.39 is 0 Å². The molecule has 2 aliphatic heterocycles. The minimum absolute atomic E-state index is 0.0919. The van der Waals surface area contributed by atoms with Gasteiger partial charge in [0.2, 0.25) is 0 Å². The highest BCUT2D eigenvalue weighted by atomic mass is 16.6. The van der Waals surface area contributed by atoms with Crippen molar-refractivity contribution in [3.05, 3.63) is 53.9 Å². The van der Waals surface area contributed by atoms with E-state index in [9.17, 15) is 4.79 Å². The zero-order valence-corrected chi connectivity index (χ0v) is 14.2. The van der Waals surface area contributed by atoms with Gasteiger partial charge in [-0.15, -0.1) is 0 Å². The van der Waals surface area contributed by atoms with Gasteiger partial charge in [-0.2, -0.15) is 0 Å². The van der Waals surface area contributed by atoms with E-state index in [2.05, 4.69) is 4.98 Å². The Bertz CT molecular complexity index is 748. The number of hydrogen-bond donors (Lipinski definition) is 0. The molecule has 5 heteroatoms. The van der Waals surface area contributed by atoms with Crippen molar-refractivity contribution in [1.29, 1.82) is 0 Å². The molecule has 1 saturated heterocycles. The van der Waals surface area contributed by atoms with Crippen LogP contribution >= 0.6 is 0 Å². The second-order valence-electron chi connectivity index (χ2n) is 6.55. The van der Waals surface area contributed by atoms with E-state index in [0.29, 0.717) is 30.6 Å². The maximum Gasteiger partial charge on any atom is 0.254 e. The molecule has 3 heterocycles. The molecule has 130 valence electrons. The fraction of sp³-hybridized carbons (Fsp3) is 0.400. The zero-order valence-electron chi connectivity index (χ0n) is 14.2. The van der Waals surface area contributed by atoms with Crippen LogP contribution in [0.15, 0.2) is 42.7 Å². The fourth-order valence-corrected chi connectivity index (χ4v) is 3.63. The molecule has 1 atom stereocenters. The average molecular weight is 338 g/mol. The predicted molar refractivity (Wildman–Crippen MR) is 94.0 cm³/mol. The average Bonchev–Trinajstić information content (AvgIpc) is 3.15. The molecular formula is C20H22N2O3. The summed E-state index contributed by atoms with van der Waals surface area (Å²) < 4.78 is 11.1. The molecule has 0 bridgehead atoms. The summed E-state index contributed by atoms with van der Waals surface area (Å²) in [5.41, 5.74) is 1.95. The van der Waals surface area contributed by atoms with Gasteiger partial charge in [-0.1, -0.05) is 0 Å². The minimum atomic E-state index is 0.0919. The third-order valence-electron chi connectivity index (χ3n) is 4.94. The number of amides is 1. The largest absolute Gasteiger partial charge is 0.486 e. The Balaban J connectivity index is 1.45. The second kappa shape index (κ2) is 7.13. The van der Waals surface area contributed by atoms with Crippen molar-refractivity contribution >= 4 is 5.91 Å². The lowest BCUT2D eigenvalue weighted by molar-refractivity contribution is 0.0729. The van der Waals surface area contributed by atoms with Crippen molar-refractivity contribution < 1.29 is 14.3 Å². The van der Waals surface area contributed by atoms with Crippen LogP contribution in [0.4, 0.5) is 0 Å². The standard InChI is InChI=1S/C20H22N2O3/c23-20(16-4-6-18-19(14-16)25-13-12-24-18)22-11-1-2-17(22)5-3-15-7-9-21-10-8-15/h4,6-10,14,17H,1-3,5,11-13H2/t17-/m1/s1. The number of likely N-dealkylation sites (tertiary alicyclic amines) is 1.